The van der Waals surface area contributed by atoms with Gasteiger partial charge in [-0.15, -0.1) is 0 Å². The molecule has 2 rings (SSSR count). The second-order valence-corrected chi connectivity index (χ2v) is 5.99. The molecule has 0 spiro atoms. The van der Waals surface area contributed by atoms with Crippen LogP contribution in [0.25, 0.3) is 6.08 Å². The van der Waals surface area contributed by atoms with E-state index in [0.29, 0.717) is 0 Å². The number of nitrogens with one attached hydrogen (secondary N) is 2. The molecule has 0 aliphatic rings. The molecule has 2 aromatic rings. The van der Waals surface area contributed by atoms with Crippen LogP contribution in [0.3, 0.4) is 0 Å². The fraction of sp³-hybridized carbons (Fsp3) is 0. The topological polar surface area (TPSA) is 41.1 Å². The molecule has 0 aliphatic heterocycles. The molecular weight excluding hydrogens is 414 g/mol. The Bertz CT molecular complexity index is 699. The molecule has 2 N–H and O–H groups in total. The lowest BCUT2D eigenvalue weighted by molar-refractivity contribution is -0.115. The van der Waals surface area contributed by atoms with Gasteiger partial charge in [0, 0.05) is 15.3 Å². The summed E-state index contributed by atoms with van der Waals surface area (Å²) in [5.74, 6) is -0.670. The van der Waals surface area contributed by atoms with Gasteiger partial charge in [-0.1, -0.05) is 12.1 Å². The lowest BCUT2D eigenvalue weighted by Gasteiger charge is -2.07. The molecule has 0 heterocycles. The molecule has 0 aliphatic carbocycles. The van der Waals surface area contributed by atoms with Crippen LogP contribution in [0, 0.1) is 9.39 Å². The van der Waals surface area contributed by atoms with Gasteiger partial charge in [-0.2, -0.15) is 0 Å². The third-order valence-electron chi connectivity index (χ3n) is 2.64. The van der Waals surface area contributed by atoms with Gasteiger partial charge in [-0.3, -0.25) is 10.1 Å². The molecule has 0 atom stereocenters. The van der Waals surface area contributed by atoms with Crippen LogP contribution in [0.5, 0.6) is 0 Å². The molecule has 0 saturated heterocycles. The fourth-order valence-corrected chi connectivity index (χ4v) is 2.17. The average molecular weight is 426 g/mol. The van der Waals surface area contributed by atoms with Crippen molar-refractivity contribution < 1.29 is 9.18 Å². The average Bonchev–Trinajstić information content (AvgIpc) is 2.49. The van der Waals surface area contributed by atoms with Gasteiger partial charge in [0.15, 0.2) is 5.11 Å². The maximum Gasteiger partial charge on any atom is 0.250 e. The van der Waals surface area contributed by atoms with E-state index in [9.17, 15) is 9.18 Å². The van der Waals surface area contributed by atoms with E-state index >= 15 is 0 Å². The predicted molar refractivity (Wildman–Crippen MR) is 99.0 cm³/mol. The van der Waals surface area contributed by atoms with E-state index in [1.807, 2.05) is 24.3 Å². The number of carbonyl (C=O) groups excluding carboxylic acids is 1. The van der Waals surface area contributed by atoms with E-state index in [1.54, 1.807) is 18.2 Å². The van der Waals surface area contributed by atoms with Crippen molar-refractivity contribution in [1.82, 2.24) is 5.32 Å². The molecule has 2 aromatic carbocycles. The van der Waals surface area contributed by atoms with Gasteiger partial charge in [-0.05, 0) is 82.8 Å². The highest BCUT2D eigenvalue weighted by molar-refractivity contribution is 14.1. The largest absolute Gasteiger partial charge is 0.332 e. The van der Waals surface area contributed by atoms with Gasteiger partial charge in [0.2, 0.25) is 5.91 Å². The van der Waals surface area contributed by atoms with E-state index in [1.165, 1.54) is 18.2 Å². The minimum absolute atomic E-state index is 0.218. The van der Waals surface area contributed by atoms with Gasteiger partial charge in [0.05, 0.1) is 0 Å². The molecular formula is C16H12FIN2OS. The number of anilines is 1. The second-order valence-electron chi connectivity index (χ2n) is 4.34. The normalized spacial score (nSPS) is 10.5. The van der Waals surface area contributed by atoms with Crippen LogP contribution < -0.4 is 10.6 Å². The first kappa shape index (κ1) is 16.6. The number of hydrogen-bond acceptors (Lipinski definition) is 2. The zero-order chi connectivity index (χ0) is 15.9. The van der Waals surface area contributed by atoms with Gasteiger partial charge in [0.1, 0.15) is 5.82 Å². The minimum atomic E-state index is -0.354. The Labute approximate surface area is 146 Å². The molecule has 112 valence electrons. The quantitative estimate of drug-likeness (QED) is 0.444. The van der Waals surface area contributed by atoms with Crippen molar-refractivity contribution in [2.24, 2.45) is 0 Å². The van der Waals surface area contributed by atoms with Gasteiger partial charge in [-0.25, -0.2) is 4.39 Å². The lowest BCUT2D eigenvalue weighted by Crippen LogP contribution is -2.32. The summed E-state index contributed by atoms with van der Waals surface area (Å²) in [5.41, 5.74) is 1.53. The van der Waals surface area contributed by atoms with Crippen molar-refractivity contribution in [3.05, 3.63) is 69.6 Å². The van der Waals surface area contributed by atoms with Crippen molar-refractivity contribution in [2.45, 2.75) is 0 Å². The minimum Gasteiger partial charge on any atom is -0.332 e. The third-order valence-corrected chi connectivity index (χ3v) is 3.56. The summed E-state index contributed by atoms with van der Waals surface area (Å²) in [5, 5.41) is 5.68. The van der Waals surface area contributed by atoms with Crippen LogP contribution in [0.15, 0.2) is 54.6 Å². The van der Waals surface area contributed by atoms with Gasteiger partial charge < -0.3 is 5.32 Å². The molecule has 0 unspecified atom stereocenters. The van der Waals surface area contributed by atoms with E-state index in [0.717, 1.165) is 14.8 Å². The van der Waals surface area contributed by atoms with E-state index < -0.39 is 0 Å². The number of rotatable bonds is 3. The van der Waals surface area contributed by atoms with E-state index in [-0.39, 0.29) is 16.8 Å². The molecule has 0 radical (unpaired) electrons. The molecule has 22 heavy (non-hydrogen) atoms. The number of benzene rings is 2. The smallest absolute Gasteiger partial charge is 0.250 e. The SMILES string of the molecule is O=C(C=Cc1ccc(F)cc1)NC(=S)Nc1ccc(I)cc1. The van der Waals surface area contributed by atoms with Crippen molar-refractivity contribution in [3.8, 4) is 0 Å². The third kappa shape index (κ3) is 5.53. The van der Waals surface area contributed by atoms with E-state index in [4.69, 9.17) is 12.2 Å². The first-order valence-corrected chi connectivity index (χ1v) is 7.83. The maximum atomic E-state index is 12.8. The molecule has 6 heteroatoms. The highest BCUT2D eigenvalue weighted by Crippen LogP contribution is 2.10. The molecule has 0 aromatic heterocycles. The molecule has 1 amide bonds. The zero-order valence-electron chi connectivity index (χ0n) is 11.3. The Hall–Kier alpha value is -1.80. The monoisotopic (exact) mass is 426 g/mol. The van der Waals surface area contributed by atoms with Crippen LogP contribution in [-0.2, 0) is 4.79 Å². The number of amides is 1. The highest BCUT2D eigenvalue weighted by Gasteiger charge is 2.01. The second kappa shape index (κ2) is 8.00. The van der Waals surface area contributed by atoms with Crippen LogP contribution in [-0.4, -0.2) is 11.0 Å². The predicted octanol–water partition coefficient (Wildman–Crippen LogP) is 3.96. The molecule has 3 nitrogen and oxygen atoms in total. The first-order chi connectivity index (χ1) is 10.5. The molecule has 0 fully saturated rings. The Morgan fingerprint density at radius 2 is 1.73 bits per heavy atom. The van der Waals surface area contributed by atoms with Crippen LogP contribution >= 0.6 is 34.8 Å². The van der Waals surface area contributed by atoms with E-state index in [2.05, 4.69) is 33.2 Å². The number of thiocarbonyl (C=S) groups is 1. The summed E-state index contributed by atoms with van der Waals surface area (Å²) in [4.78, 5) is 11.7. The summed E-state index contributed by atoms with van der Waals surface area (Å²) in [7, 11) is 0. The Morgan fingerprint density at radius 1 is 1.09 bits per heavy atom. The van der Waals surface area contributed by atoms with Gasteiger partial charge in [0.25, 0.3) is 0 Å². The number of hydrogen-bond donors (Lipinski definition) is 2. The van der Waals surface area contributed by atoms with Gasteiger partial charge >= 0.3 is 0 Å². The summed E-state index contributed by atoms with van der Waals surface area (Å²) in [6.07, 6.45) is 2.93. The summed E-state index contributed by atoms with van der Waals surface area (Å²) >= 11 is 7.27. The van der Waals surface area contributed by atoms with Crippen molar-refractivity contribution in [2.75, 3.05) is 5.32 Å². The first-order valence-electron chi connectivity index (χ1n) is 6.34. The van der Waals surface area contributed by atoms with Crippen molar-refractivity contribution in [1.29, 1.82) is 0 Å². The van der Waals surface area contributed by atoms with Crippen molar-refractivity contribution in [3.63, 3.8) is 0 Å². The fourth-order valence-electron chi connectivity index (χ4n) is 1.59. The molecule has 0 bridgehead atoms. The standard InChI is InChI=1S/C16H12FIN2OS/c17-12-4-1-11(2-5-12)3-10-15(21)20-16(22)19-14-8-6-13(18)7-9-14/h1-10H,(H2,19,20,21,22). The Kier molecular flexibility index (Phi) is 6.02. The van der Waals surface area contributed by atoms with Crippen LogP contribution in [0.4, 0.5) is 10.1 Å². The van der Waals surface area contributed by atoms with Crippen LogP contribution in [0.2, 0.25) is 0 Å². The number of halogens is 2. The maximum absolute atomic E-state index is 12.8. The lowest BCUT2D eigenvalue weighted by atomic mass is 10.2. The summed E-state index contributed by atoms with van der Waals surface area (Å²) in [6.45, 7) is 0. The number of carbonyl (C=O) groups is 1. The Morgan fingerprint density at radius 3 is 2.36 bits per heavy atom. The van der Waals surface area contributed by atoms with Crippen molar-refractivity contribution >= 4 is 57.6 Å². The zero-order valence-corrected chi connectivity index (χ0v) is 14.3. The summed E-state index contributed by atoms with van der Waals surface area (Å²) < 4.78 is 13.9. The summed E-state index contributed by atoms with van der Waals surface area (Å²) in [6, 6.07) is 13.4. The highest BCUT2D eigenvalue weighted by atomic mass is 127. The molecule has 0 saturated carbocycles. The Balaban J connectivity index is 1.87. The van der Waals surface area contributed by atoms with Crippen LogP contribution in [0.1, 0.15) is 5.56 Å².